The Hall–Kier alpha value is -1.07. The second-order valence-corrected chi connectivity index (χ2v) is 6.13. The molecule has 1 saturated carbocycles. The number of hydrogen-bond donors (Lipinski definition) is 1. The summed E-state index contributed by atoms with van der Waals surface area (Å²) in [6.45, 7) is 1.26. The number of para-hydroxylation sites is 1. The van der Waals surface area contributed by atoms with Crippen molar-refractivity contribution in [2.45, 2.75) is 23.8 Å². The highest BCUT2D eigenvalue weighted by molar-refractivity contribution is 7.89. The normalized spacial score (nSPS) is 24.2. The molecule has 0 amide bonds. The van der Waals surface area contributed by atoms with E-state index in [1.54, 1.807) is 16.4 Å². The first kappa shape index (κ1) is 10.1. The number of hydrogen-bond acceptors (Lipinski definition) is 3. The number of rotatable bonds is 1. The van der Waals surface area contributed by atoms with Gasteiger partial charge in [0.1, 0.15) is 4.90 Å². The average Bonchev–Trinajstić information content (AvgIpc) is 3.07. The van der Waals surface area contributed by atoms with Gasteiger partial charge in [0.05, 0.1) is 5.69 Å². The van der Waals surface area contributed by atoms with E-state index in [0.29, 0.717) is 18.0 Å². The average molecular weight is 238 g/mol. The maximum Gasteiger partial charge on any atom is 0.245 e. The molecule has 16 heavy (non-hydrogen) atoms. The Morgan fingerprint density at radius 1 is 1.25 bits per heavy atom. The molecule has 0 bridgehead atoms. The van der Waals surface area contributed by atoms with Gasteiger partial charge in [0, 0.05) is 19.1 Å². The van der Waals surface area contributed by atoms with Crippen LogP contribution in [0.3, 0.4) is 0 Å². The van der Waals surface area contributed by atoms with Crippen molar-refractivity contribution in [3.63, 3.8) is 0 Å². The molecule has 3 rings (SSSR count). The predicted molar refractivity (Wildman–Crippen MR) is 61.8 cm³/mol. The summed E-state index contributed by atoms with van der Waals surface area (Å²) >= 11 is 0. The van der Waals surface area contributed by atoms with E-state index in [-0.39, 0.29) is 6.04 Å². The van der Waals surface area contributed by atoms with Crippen LogP contribution >= 0.6 is 0 Å². The van der Waals surface area contributed by atoms with Crippen molar-refractivity contribution >= 4 is 15.7 Å². The molecule has 2 aliphatic rings. The molecule has 0 radical (unpaired) electrons. The van der Waals surface area contributed by atoms with Gasteiger partial charge in [-0.25, -0.2) is 8.42 Å². The zero-order valence-corrected chi connectivity index (χ0v) is 9.70. The number of nitrogens with zero attached hydrogens (tertiary/aromatic N) is 1. The predicted octanol–water partition coefficient (Wildman–Crippen LogP) is 1.27. The van der Waals surface area contributed by atoms with Gasteiger partial charge in [-0.3, -0.25) is 0 Å². The Morgan fingerprint density at radius 2 is 2.00 bits per heavy atom. The van der Waals surface area contributed by atoms with E-state index in [2.05, 4.69) is 5.32 Å². The standard InChI is InChI=1S/C11H14N2O2S/c14-16(15)11-4-2-1-3-10(11)12-7-8-13(16)9-5-6-9/h1-4,9,12H,5-8H2. The van der Waals surface area contributed by atoms with Crippen molar-refractivity contribution in [3.05, 3.63) is 24.3 Å². The van der Waals surface area contributed by atoms with E-state index in [9.17, 15) is 8.42 Å². The number of fused-ring (bicyclic) bond motifs is 1. The molecule has 86 valence electrons. The summed E-state index contributed by atoms with van der Waals surface area (Å²) < 4.78 is 26.4. The maximum atomic E-state index is 12.4. The van der Waals surface area contributed by atoms with Crippen LogP contribution in [0, 0.1) is 0 Å². The molecule has 0 atom stereocenters. The van der Waals surface area contributed by atoms with E-state index in [4.69, 9.17) is 0 Å². The van der Waals surface area contributed by atoms with Gasteiger partial charge in [-0.05, 0) is 25.0 Å². The lowest BCUT2D eigenvalue weighted by Gasteiger charge is -2.18. The summed E-state index contributed by atoms with van der Waals surface area (Å²) in [5.74, 6) is 0. The molecule has 1 aliphatic carbocycles. The van der Waals surface area contributed by atoms with Crippen LogP contribution in [0.2, 0.25) is 0 Å². The molecule has 0 unspecified atom stereocenters. The van der Waals surface area contributed by atoms with Crippen LogP contribution in [0.15, 0.2) is 29.2 Å². The lowest BCUT2D eigenvalue weighted by atomic mass is 10.3. The highest BCUT2D eigenvalue weighted by Crippen LogP contribution is 2.35. The molecule has 5 heteroatoms. The lowest BCUT2D eigenvalue weighted by molar-refractivity contribution is 0.419. The number of benzene rings is 1. The van der Waals surface area contributed by atoms with Crippen LogP contribution in [0.25, 0.3) is 0 Å². The molecular weight excluding hydrogens is 224 g/mol. The van der Waals surface area contributed by atoms with Crippen LogP contribution in [-0.2, 0) is 10.0 Å². The molecule has 1 aromatic rings. The van der Waals surface area contributed by atoms with E-state index >= 15 is 0 Å². The third-order valence-corrected chi connectivity index (χ3v) is 5.09. The fourth-order valence-electron chi connectivity index (χ4n) is 2.13. The molecule has 0 spiro atoms. The maximum absolute atomic E-state index is 12.4. The molecule has 1 aliphatic heterocycles. The zero-order chi connectivity index (χ0) is 11.2. The molecule has 0 aromatic heterocycles. The second-order valence-electron chi connectivity index (χ2n) is 4.27. The third kappa shape index (κ3) is 1.51. The van der Waals surface area contributed by atoms with Gasteiger partial charge in [-0.2, -0.15) is 4.31 Å². The van der Waals surface area contributed by atoms with Crippen molar-refractivity contribution in [2.24, 2.45) is 0 Å². The van der Waals surface area contributed by atoms with Gasteiger partial charge in [-0.1, -0.05) is 12.1 Å². The van der Waals surface area contributed by atoms with Crippen LogP contribution in [0.1, 0.15) is 12.8 Å². The van der Waals surface area contributed by atoms with Gasteiger partial charge in [0.2, 0.25) is 10.0 Å². The summed E-state index contributed by atoms with van der Waals surface area (Å²) in [5, 5.41) is 3.17. The van der Waals surface area contributed by atoms with Gasteiger partial charge in [-0.15, -0.1) is 0 Å². The zero-order valence-electron chi connectivity index (χ0n) is 8.89. The Balaban J connectivity index is 2.12. The van der Waals surface area contributed by atoms with Crippen LogP contribution in [-0.4, -0.2) is 31.9 Å². The number of sulfonamides is 1. The Labute approximate surface area is 95.3 Å². The van der Waals surface area contributed by atoms with Crippen molar-refractivity contribution in [3.8, 4) is 0 Å². The highest BCUT2D eigenvalue weighted by atomic mass is 32.2. The Kier molecular flexibility index (Phi) is 2.19. The van der Waals surface area contributed by atoms with E-state index < -0.39 is 10.0 Å². The smallest absolute Gasteiger partial charge is 0.245 e. The Bertz CT molecular complexity index is 508. The molecule has 0 saturated heterocycles. The van der Waals surface area contributed by atoms with Crippen molar-refractivity contribution in [2.75, 3.05) is 18.4 Å². The minimum atomic E-state index is -3.29. The van der Waals surface area contributed by atoms with Gasteiger partial charge in [0.25, 0.3) is 0 Å². The van der Waals surface area contributed by atoms with Crippen LogP contribution < -0.4 is 5.32 Å². The van der Waals surface area contributed by atoms with Gasteiger partial charge in [0.15, 0.2) is 0 Å². The third-order valence-electron chi connectivity index (χ3n) is 3.08. The summed E-state index contributed by atoms with van der Waals surface area (Å²) in [7, 11) is -3.29. The van der Waals surface area contributed by atoms with E-state index in [1.165, 1.54) is 0 Å². The highest BCUT2D eigenvalue weighted by Gasteiger charge is 2.39. The first-order valence-electron chi connectivity index (χ1n) is 5.54. The monoisotopic (exact) mass is 238 g/mol. The molecule has 4 nitrogen and oxygen atoms in total. The van der Waals surface area contributed by atoms with Gasteiger partial charge < -0.3 is 5.32 Å². The van der Waals surface area contributed by atoms with Crippen molar-refractivity contribution < 1.29 is 8.42 Å². The van der Waals surface area contributed by atoms with E-state index in [0.717, 1.165) is 18.5 Å². The van der Waals surface area contributed by atoms with E-state index in [1.807, 2.05) is 12.1 Å². The van der Waals surface area contributed by atoms with Gasteiger partial charge >= 0.3 is 0 Å². The molecule has 1 N–H and O–H groups in total. The van der Waals surface area contributed by atoms with Crippen LogP contribution in [0.5, 0.6) is 0 Å². The first-order chi connectivity index (χ1) is 7.69. The lowest BCUT2D eigenvalue weighted by Crippen LogP contribution is -2.34. The van der Waals surface area contributed by atoms with Crippen LogP contribution in [0.4, 0.5) is 5.69 Å². The summed E-state index contributed by atoms with van der Waals surface area (Å²) in [5.41, 5.74) is 0.727. The number of anilines is 1. The topological polar surface area (TPSA) is 49.4 Å². The molecular formula is C11H14N2O2S. The minimum absolute atomic E-state index is 0.234. The first-order valence-corrected chi connectivity index (χ1v) is 6.98. The second kappa shape index (κ2) is 3.46. The molecule has 1 heterocycles. The SMILES string of the molecule is O=S1(=O)c2ccccc2NCCN1C1CC1. The van der Waals surface area contributed by atoms with Crippen molar-refractivity contribution in [1.29, 1.82) is 0 Å². The summed E-state index contributed by atoms with van der Waals surface area (Å²) in [6.07, 6.45) is 2.00. The van der Waals surface area contributed by atoms with Crippen molar-refractivity contribution in [1.82, 2.24) is 4.31 Å². The fraction of sp³-hybridized carbons (Fsp3) is 0.455. The fourth-order valence-corrected chi connectivity index (χ4v) is 3.98. The molecule has 1 aromatic carbocycles. The number of nitrogens with one attached hydrogen (secondary N) is 1. The minimum Gasteiger partial charge on any atom is -0.383 e. The summed E-state index contributed by atoms with van der Waals surface area (Å²) in [4.78, 5) is 0.416. The quantitative estimate of drug-likeness (QED) is 0.801. The Morgan fingerprint density at radius 3 is 2.75 bits per heavy atom. The largest absolute Gasteiger partial charge is 0.383 e. The molecule has 1 fully saturated rings. The summed E-state index contributed by atoms with van der Waals surface area (Å²) in [6, 6.07) is 7.36.